The maximum absolute atomic E-state index is 13.1. The number of carbonyl (C=O) groups excluding carboxylic acids is 5. The van der Waals surface area contributed by atoms with Crippen molar-refractivity contribution in [3.63, 3.8) is 0 Å². The first-order valence-corrected chi connectivity index (χ1v) is 12.8. The zero-order valence-corrected chi connectivity index (χ0v) is 19.8. The Morgan fingerprint density at radius 2 is 1.79 bits per heavy atom. The summed E-state index contributed by atoms with van der Waals surface area (Å²) < 4.78 is 32.3. The van der Waals surface area contributed by atoms with Gasteiger partial charge in [0.1, 0.15) is 17.5 Å². The zero-order chi connectivity index (χ0) is 25.2. The van der Waals surface area contributed by atoms with Crippen LogP contribution in [0.15, 0.2) is 30.3 Å². The van der Waals surface area contributed by atoms with E-state index >= 15 is 0 Å². The number of β-lactam (4-membered cyclic amide) rings is 1. The van der Waals surface area contributed by atoms with Crippen LogP contribution in [0.25, 0.3) is 0 Å². The van der Waals surface area contributed by atoms with Gasteiger partial charge in [0.25, 0.3) is 5.91 Å². The fraction of sp³-hybridized carbons (Fsp3) is 0.421. The molecule has 0 saturated carbocycles. The highest BCUT2D eigenvalue weighted by Gasteiger charge is 2.54. The van der Waals surface area contributed by atoms with Crippen molar-refractivity contribution in [2.45, 2.75) is 24.4 Å². The van der Waals surface area contributed by atoms with Gasteiger partial charge in [0.2, 0.25) is 5.91 Å². The second-order valence-electron chi connectivity index (χ2n) is 7.36. The molecule has 3 N–H and O–H groups in total. The van der Waals surface area contributed by atoms with E-state index in [1.807, 2.05) is 0 Å². The lowest BCUT2D eigenvalue weighted by Gasteiger charge is -2.43. The lowest BCUT2D eigenvalue weighted by molar-refractivity contribution is -0.153. The summed E-state index contributed by atoms with van der Waals surface area (Å²) in [5, 5.41) is 3.72. The number of rotatable bonds is 7. The highest BCUT2D eigenvalue weighted by Crippen LogP contribution is 2.31. The van der Waals surface area contributed by atoms with Crippen LogP contribution in [0.1, 0.15) is 18.5 Å². The monoisotopic (exact) mass is 513 g/mol. The molecule has 3 rings (SSSR count). The number of likely N-dealkylation sites (N-methyl/N-ethyl adjacent to an activating group) is 1. The lowest BCUT2D eigenvalue weighted by Crippen LogP contribution is -2.71. The minimum Gasteiger partial charge on any atom is -0.340 e. The van der Waals surface area contributed by atoms with E-state index in [4.69, 9.17) is 0 Å². The number of nitrogens with zero attached hydrogens (tertiary/aromatic N) is 3. The highest BCUT2D eigenvalue weighted by molar-refractivity contribution is 8.00. The fourth-order valence-corrected chi connectivity index (χ4v) is 5.66. The van der Waals surface area contributed by atoms with E-state index in [1.54, 1.807) is 25.1 Å². The van der Waals surface area contributed by atoms with E-state index < -0.39 is 57.4 Å². The van der Waals surface area contributed by atoms with Crippen molar-refractivity contribution in [3.05, 3.63) is 35.9 Å². The Hall–Kier alpha value is -3.17. The predicted molar refractivity (Wildman–Crippen MR) is 119 cm³/mol. The predicted octanol–water partition coefficient (Wildman–Crippen LogP) is -1.05. The number of urea groups is 1. The van der Waals surface area contributed by atoms with Crippen LogP contribution >= 0.6 is 11.8 Å². The smallest absolute Gasteiger partial charge is 0.340 e. The number of thioether (sulfide) groups is 1. The number of hydrogen-bond donors (Lipinski definition) is 3. The van der Waals surface area contributed by atoms with E-state index in [1.165, 1.54) is 23.3 Å². The van der Waals surface area contributed by atoms with Crippen molar-refractivity contribution < 1.29 is 36.9 Å². The molecule has 0 aliphatic carbocycles. The molecule has 1 aromatic rings. The van der Waals surface area contributed by atoms with Gasteiger partial charge in [-0.2, -0.15) is 12.7 Å². The molecule has 0 aromatic heterocycles. The molecule has 0 radical (unpaired) electrons. The van der Waals surface area contributed by atoms with Gasteiger partial charge in [-0.25, -0.2) is 4.79 Å². The van der Waals surface area contributed by atoms with Gasteiger partial charge < -0.3 is 15.5 Å². The van der Waals surface area contributed by atoms with Crippen LogP contribution in [0.4, 0.5) is 4.79 Å². The third kappa shape index (κ3) is 4.85. The summed E-state index contributed by atoms with van der Waals surface area (Å²) in [6, 6.07) is 4.34. The Morgan fingerprint density at radius 1 is 1.15 bits per heavy atom. The first-order valence-electron chi connectivity index (χ1n) is 10.1. The van der Waals surface area contributed by atoms with Gasteiger partial charge in [-0.3, -0.25) is 28.6 Å². The van der Waals surface area contributed by atoms with Gasteiger partial charge in [-0.15, -0.1) is 11.8 Å². The van der Waals surface area contributed by atoms with E-state index in [0.717, 1.165) is 11.8 Å². The summed E-state index contributed by atoms with van der Waals surface area (Å²) in [6.07, 6.45) is 1.49. The second-order valence-corrected chi connectivity index (χ2v) is 9.60. The highest BCUT2D eigenvalue weighted by atomic mass is 32.2. The van der Waals surface area contributed by atoms with Crippen LogP contribution in [0.3, 0.4) is 0 Å². The Balaban J connectivity index is 1.79. The number of amides is 6. The van der Waals surface area contributed by atoms with Gasteiger partial charge >= 0.3 is 28.1 Å². The Morgan fingerprint density at radius 3 is 2.35 bits per heavy atom. The average Bonchev–Trinajstić information content (AvgIpc) is 2.80. The van der Waals surface area contributed by atoms with E-state index in [-0.39, 0.29) is 17.4 Å². The normalized spacial score (nSPS) is 21.7. The number of imide groups is 1. The average molecular weight is 514 g/mol. The van der Waals surface area contributed by atoms with Crippen molar-refractivity contribution >= 4 is 51.7 Å². The third-order valence-corrected chi connectivity index (χ3v) is 7.39. The quantitative estimate of drug-likeness (QED) is 0.233. The molecular formula is C19H23N5O8S2. The fourth-order valence-electron chi connectivity index (χ4n) is 3.60. The van der Waals surface area contributed by atoms with Crippen LogP contribution < -0.4 is 10.6 Å². The third-order valence-electron chi connectivity index (χ3n) is 5.39. The summed E-state index contributed by atoms with van der Waals surface area (Å²) in [6.45, 7) is 2.09. The molecule has 0 spiro atoms. The number of hydrogen-bond acceptors (Lipinski definition) is 8. The molecule has 2 aliphatic heterocycles. The molecular weight excluding hydrogens is 490 g/mol. The minimum atomic E-state index is -4.81. The molecule has 2 aliphatic rings. The SMILES string of the molecule is CCN1CCN(C(=O)N[C@@H](C(=O)N[C@@H]2C(=O)N(S(=O)(=O)O)[C@H]2SC)c2ccccc2)C(=O)C1=O. The molecule has 34 heavy (non-hydrogen) atoms. The maximum atomic E-state index is 13.1. The van der Waals surface area contributed by atoms with Crippen molar-refractivity contribution in [2.24, 2.45) is 0 Å². The lowest BCUT2D eigenvalue weighted by atomic mass is 10.0. The Bertz CT molecular complexity index is 1110. The van der Waals surface area contributed by atoms with Gasteiger partial charge in [-0.1, -0.05) is 30.3 Å². The van der Waals surface area contributed by atoms with Gasteiger partial charge in [0, 0.05) is 19.6 Å². The van der Waals surface area contributed by atoms with Crippen LogP contribution in [-0.4, -0.2) is 94.0 Å². The molecule has 3 atom stereocenters. The molecule has 2 fully saturated rings. The van der Waals surface area contributed by atoms with Gasteiger partial charge in [0.15, 0.2) is 0 Å². The minimum absolute atomic E-state index is 0.0631. The largest absolute Gasteiger partial charge is 0.363 e. The van der Waals surface area contributed by atoms with Gasteiger partial charge in [-0.05, 0) is 18.7 Å². The van der Waals surface area contributed by atoms with E-state index in [2.05, 4.69) is 10.6 Å². The number of piperazine rings is 1. The molecule has 2 heterocycles. The standard InChI is InChI=1S/C19H23N5O8S2/c1-3-22-9-10-23(17(28)16(22)27)19(29)21-12(11-7-5-4-6-8-11)14(25)20-13-15(26)24(18(13)33-2)34(30,31)32/h4-8,12-13,18H,3,9-10H2,1-2H3,(H,20,25)(H,21,29)(H,30,31,32)/t12-,13-,18+/m1/s1. The van der Waals surface area contributed by atoms with Crippen LogP contribution in [0, 0.1) is 0 Å². The molecule has 184 valence electrons. The zero-order valence-electron chi connectivity index (χ0n) is 18.2. The summed E-state index contributed by atoms with van der Waals surface area (Å²) in [7, 11) is -4.81. The first kappa shape index (κ1) is 25.5. The van der Waals surface area contributed by atoms with Crippen molar-refractivity contribution in [1.29, 1.82) is 0 Å². The Labute approximate surface area is 199 Å². The van der Waals surface area contributed by atoms with Crippen LogP contribution in [0.2, 0.25) is 0 Å². The van der Waals surface area contributed by atoms with Crippen molar-refractivity contribution in [2.75, 3.05) is 25.9 Å². The number of carbonyl (C=O) groups is 5. The molecule has 0 bridgehead atoms. The summed E-state index contributed by atoms with van der Waals surface area (Å²) in [5.41, 5.74) is 0.318. The summed E-state index contributed by atoms with van der Waals surface area (Å²) >= 11 is 0.916. The molecule has 2 saturated heterocycles. The van der Waals surface area contributed by atoms with Crippen molar-refractivity contribution in [1.82, 2.24) is 24.7 Å². The number of nitrogens with one attached hydrogen (secondary N) is 2. The number of benzene rings is 1. The van der Waals surface area contributed by atoms with E-state index in [0.29, 0.717) is 17.0 Å². The van der Waals surface area contributed by atoms with Gasteiger partial charge in [0.05, 0.1) is 0 Å². The Kier molecular flexibility index (Phi) is 7.48. The second kappa shape index (κ2) is 9.99. The molecule has 15 heteroatoms. The van der Waals surface area contributed by atoms with Crippen molar-refractivity contribution in [3.8, 4) is 0 Å². The molecule has 6 amide bonds. The maximum Gasteiger partial charge on any atom is 0.363 e. The van der Waals surface area contributed by atoms with Crippen LogP contribution in [-0.2, 0) is 29.5 Å². The topological polar surface area (TPSA) is 173 Å². The molecule has 1 aromatic carbocycles. The van der Waals surface area contributed by atoms with E-state index in [9.17, 15) is 36.9 Å². The molecule has 13 nitrogen and oxygen atoms in total. The first-order chi connectivity index (χ1) is 16.0. The molecule has 0 unspecified atom stereocenters. The van der Waals surface area contributed by atoms with Crippen LogP contribution in [0.5, 0.6) is 0 Å². The summed E-state index contributed by atoms with van der Waals surface area (Å²) in [4.78, 5) is 64.6. The summed E-state index contributed by atoms with van der Waals surface area (Å²) in [5.74, 6) is -3.75.